The van der Waals surface area contributed by atoms with Gasteiger partial charge in [-0.05, 0) is 25.0 Å². The second-order valence-corrected chi connectivity index (χ2v) is 4.23. The number of rotatable bonds is 8. The van der Waals surface area contributed by atoms with E-state index in [1.807, 2.05) is 0 Å². The van der Waals surface area contributed by atoms with Gasteiger partial charge < -0.3 is 10.4 Å². The summed E-state index contributed by atoms with van der Waals surface area (Å²) >= 11 is 0. The molecule has 0 saturated heterocycles. The summed E-state index contributed by atoms with van der Waals surface area (Å²) in [5.74, 6) is -0.805. The molecule has 0 aliphatic rings. The Hall–Kier alpha value is -2.62. The Kier molecular flexibility index (Phi) is 5.97. The monoisotopic (exact) mass is 277 g/mol. The number of carboxylic acids is 1. The van der Waals surface area contributed by atoms with Gasteiger partial charge >= 0.3 is 5.97 Å². The number of unbranched alkanes of at least 4 members (excludes halogenated alkanes) is 2. The van der Waals surface area contributed by atoms with Gasteiger partial charge in [0.15, 0.2) is 0 Å². The number of carbonyl (C=O) groups is 1. The Morgan fingerprint density at radius 3 is 2.75 bits per heavy atom. The molecule has 0 amide bonds. The predicted molar refractivity (Wildman–Crippen MR) is 72.4 cm³/mol. The topological polar surface area (TPSA) is 116 Å². The van der Waals surface area contributed by atoms with Gasteiger partial charge in [-0.1, -0.05) is 6.42 Å². The number of anilines is 1. The highest BCUT2D eigenvalue weighted by molar-refractivity contribution is 5.66. The van der Waals surface area contributed by atoms with Gasteiger partial charge in [0.25, 0.3) is 5.69 Å². The summed E-state index contributed by atoms with van der Waals surface area (Å²) in [6.45, 7) is 0.600. The SMILES string of the molecule is N#Cc1ccc(NCCCCCC(=O)O)cc1[N+](=O)[O-]. The maximum Gasteiger partial charge on any atom is 0.303 e. The zero-order valence-electron chi connectivity index (χ0n) is 10.8. The fraction of sp³-hybridized carbons (Fsp3) is 0.385. The molecular weight excluding hydrogens is 262 g/mol. The quantitative estimate of drug-likeness (QED) is 0.428. The van der Waals surface area contributed by atoms with Crippen molar-refractivity contribution >= 4 is 17.3 Å². The van der Waals surface area contributed by atoms with Crippen LogP contribution in [0.15, 0.2) is 18.2 Å². The van der Waals surface area contributed by atoms with Crippen molar-refractivity contribution in [3.63, 3.8) is 0 Å². The third-order valence-corrected chi connectivity index (χ3v) is 2.71. The summed E-state index contributed by atoms with van der Waals surface area (Å²) in [6, 6.07) is 6.12. The number of hydrogen-bond donors (Lipinski definition) is 2. The molecule has 0 radical (unpaired) electrons. The van der Waals surface area contributed by atoms with Crippen LogP contribution < -0.4 is 5.32 Å². The third kappa shape index (κ3) is 4.94. The Morgan fingerprint density at radius 2 is 2.15 bits per heavy atom. The van der Waals surface area contributed by atoms with Gasteiger partial charge in [-0.3, -0.25) is 14.9 Å². The highest BCUT2D eigenvalue weighted by Gasteiger charge is 2.13. The Bertz CT molecular complexity index is 537. The minimum Gasteiger partial charge on any atom is -0.481 e. The van der Waals surface area contributed by atoms with Gasteiger partial charge in [0.1, 0.15) is 11.6 Å². The van der Waals surface area contributed by atoms with Crippen LogP contribution in [0.25, 0.3) is 0 Å². The van der Waals surface area contributed by atoms with Crippen LogP contribution in [0.4, 0.5) is 11.4 Å². The van der Waals surface area contributed by atoms with E-state index in [9.17, 15) is 14.9 Å². The van der Waals surface area contributed by atoms with Crippen LogP contribution in [0.3, 0.4) is 0 Å². The van der Waals surface area contributed by atoms with Crippen LogP contribution in [0, 0.1) is 21.4 Å². The molecule has 0 fully saturated rings. The van der Waals surface area contributed by atoms with Crippen LogP contribution in [0.2, 0.25) is 0 Å². The standard InChI is InChI=1S/C13H15N3O4/c14-9-10-5-6-11(8-12(10)16(19)20)15-7-3-1-2-4-13(17)18/h5-6,8,15H,1-4,7H2,(H,17,18). The van der Waals surface area contributed by atoms with Crippen molar-refractivity contribution in [1.29, 1.82) is 5.26 Å². The number of nitriles is 1. The number of carboxylic acid groups (broad SMARTS) is 1. The zero-order valence-corrected chi connectivity index (χ0v) is 10.8. The largest absolute Gasteiger partial charge is 0.481 e. The van der Waals surface area contributed by atoms with Gasteiger partial charge in [-0.2, -0.15) is 5.26 Å². The first-order valence-electron chi connectivity index (χ1n) is 6.19. The molecule has 20 heavy (non-hydrogen) atoms. The number of nitrogens with one attached hydrogen (secondary N) is 1. The first kappa shape index (κ1) is 15.4. The van der Waals surface area contributed by atoms with E-state index in [0.717, 1.165) is 12.8 Å². The smallest absolute Gasteiger partial charge is 0.303 e. The maximum absolute atomic E-state index is 10.8. The summed E-state index contributed by atoms with van der Waals surface area (Å²) in [5.41, 5.74) is 0.388. The lowest BCUT2D eigenvalue weighted by Gasteiger charge is -2.06. The highest BCUT2D eigenvalue weighted by Crippen LogP contribution is 2.22. The van der Waals surface area contributed by atoms with E-state index in [2.05, 4.69) is 5.32 Å². The maximum atomic E-state index is 10.8. The molecule has 0 atom stereocenters. The molecule has 7 nitrogen and oxygen atoms in total. The van der Waals surface area contributed by atoms with Crippen molar-refractivity contribution in [3.05, 3.63) is 33.9 Å². The molecule has 1 aromatic rings. The molecule has 0 unspecified atom stereocenters. The van der Waals surface area contributed by atoms with Crippen molar-refractivity contribution in [1.82, 2.24) is 0 Å². The van der Waals surface area contributed by atoms with Crippen molar-refractivity contribution in [2.24, 2.45) is 0 Å². The molecular formula is C13H15N3O4. The van der Waals surface area contributed by atoms with Crippen LogP contribution in [0.1, 0.15) is 31.2 Å². The fourth-order valence-electron chi connectivity index (χ4n) is 1.70. The normalized spacial score (nSPS) is 9.75. The Morgan fingerprint density at radius 1 is 1.40 bits per heavy atom. The van der Waals surface area contributed by atoms with E-state index in [1.54, 1.807) is 12.1 Å². The zero-order chi connectivity index (χ0) is 15.0. The molecule has 1 aromatic carbocycles. The van der Waals surface area contributed by atoms with Crippen molar-refractivity contribution in [3.8, 4) is 6.07 Å². The lowest BCUT2D eigenvalue weighted by molar-refractivity contribution is -0.385. The van der Waals surface area contributed by atoms with E-state index >= 15 is 0 Å². The first-order chi connectivity index (χ1) is 9.54. The summed E-state index contributed by atoms with van der Waals surface area (Å²) in [7, 11) is 0. The predicted octanol–water partition coefficient (Wildman–Crippen LogP) is 2.52. The lowest BCUT2D eigenvalue weighted by Crippen LogP contribution is -2.03. The number of nitrogens with zero attached hydrogens (tertiary/aromatic N) is 2. The van der Waals surface area contributed by atoms with Crippen molar-refractivity contribution in [2.75, 3.05) is 11.9 Å². The summed E-state index contributed by atoms with van der Waals surface area (Å²) in [6.07, 6.45) is 2.33. The van der Waals surface area contributed by atoms with E-state index in [0.29, 0.717) is 18.7 Å². The van der Waals surface area contributed by atoms with Crippen molar-refractivity contribution in [2.45, 2.75) is 25.7 Å². The fourth-order valence-corrected chi connectivity index (χ4v) is 1.70. The lowest BCUT2D eigenvalue weighted by atomic mass is 10.1. The van der Waals surface area contributed by atoms with Crippen LogP contribution in [-0.4, -0.2) is 22.5 Å². The van der Waals surface area contributed by atoms with Crippen molar-refractivity contribution < 1.29 is 14.8 Å². The minimum atomic E-state index is -0.805. The number of aliphatic carboxylic acids is 1. The average Bonchev–Trinajstić information content (AvgIpc) is 2.42. The van der Waals surface area contributed by atoms with Gasteiger partial charge in [0, 0.05) is 24.7 Å². The molecule has 2 N–H and O–H groups in total. The molecule has 0 aliphatic carbocycles. The molecule has 0 bridgehead atoms. The minimum absolute atomic E-state index is 0.0296. The van der Waals surface area contributed by atoms with E-state index in [4.69, 9.17) is 10.4 Å². The van der Waals surface area contributed by atoms with E-state index in [-0.39, 0.29) is 17.7 Å². The molecule has 0 saturated carbocycles. The summed E-state index contributed by atoms with van der Waals surface area (Å²) in [4.78, 5) is 20.5. The molecule has 1 rings (SSSR count). The van der Waals surface area contributed by atoms with Crippen LogP contribution in [0.5, 0.6) is 0 Å². The molecule has 0 heterocycles. The van der Waals surface area contributed by atoms with E-state index < -0.39 is 10.9 Å². The summed E-state index contributed by atoms with van der Waals surface area (Å²) in [5, 5.41) is 31.0. The molecule has 0 aliphatic heterocycles. The third-order valence-electron chi connectivity index (χ3n) is 2.71. The number of benzene rings is 1. The summed E-state index contributed by atoms with van der Waals surface area (Å²) < 4.78 is 0. The molecule has 7 heteroatoms. The molecule has 0 spiro atoms. The van der Waals surface area contributed by atoms with E-state index in [1.165, 1.54) is 12.1 Å². The van der Waals surface area contributed by atoms with Crippen LogP contribution >= 0.6 is 0 Å². The Balaban J connectivity index is 2.45. The van der Waals surface area contributed by atoms with Crippen LogP contribution in [-0.2, 0) is 4.79 Å². The second kappa shape index (κ2) is 7.74. The number of hydrogen-bond acceptors (Lipinski definition) is 5. The highest BCUT2D eigenvalue weighted by atomic mass is 16.6. The van der Waals surface area contributed by atoms with Gasteiger partial charge in [-0.15, -0.1) is 0 Å². The van der Waals surface area contributed by atoms with Gasteiger partial charge in [-0.25, -0.2) is 0 Å². The first-order valence-corrected chi connectivity index (χ1v) is 6.19. The molecule has 106 valence electrons. The number of nitro groups is 1. The second-order valence-electron chi connectivity index (χ2n) is 4.23. The average molecular weight is 277 g/mol. The number of nitro benzene ring substituents is 1. The molecule has 0 aromatic heterocycles. The Labute approximate surface area is 116 Å². The van der Waals surface area contributed by atoms with Gasteiger partial charge in [0.2, 0.25) is 0 Å². The van der Waals surface area contributed by atoms with Gasteiger partial charge in [0.05, 0.1) is 4.92 Å².